The summed E-state index contributed by atoms with van der Waals surface area (Å²) in [5.74, 6) is 0.470. The van der Waals surface area contributed by atoms with Crippen LogP contribution in [0.4, 0.5) is 0 Å². The quantitative estimate of drug-likeness (QED) is 0.648. The largest absolute Gasteiger partial charge is 0.707 e. The molecule has 0 radical (unpaired) electrons. The fourth-order valence-electron chi connectivity index (χ4n) is 1.41. The van der Waals surface area contributed by atoms with Gasteiger partial charge in [-0.15, -0.1) is 0 Å². The van der Waals surface area contributed by atoms with Crippen LogP contribution in [-0.4, -0.2) is 38.8 Å². The highest BCUT2D eigenvalue weighted by Gasteiger charge is 2.31. The van der Waals surface area contributed by atoms with Gasteiger partial charge in [-0.25, -0.2) is 0 Å². The molecule has 2 aromatic rings. The Bertz CT molecular complexity index is 582. The van der Waals surface area contributed by atoms with E-state index in [1.165, 1.54) is 0 Å². The van der Waals surface area contributed by atoms with Crippen LogP contribution in [0.3, 0.4) is 0 Å². The zero-order valence-corrected chi connectivity index (χ0v) is 13.3. The van der Waals surface area contributed by atoms with Gasteiger partial charge in [-0.2, -0.15) is 0 Å². The summed E-state index contributed by atoms with van der Waals surface area (Å²) in [4.78, 5) is 0. The van der Waals surface area contributed by atoms with Gasteiger partial charge in [0.15, 0.2) is 0 Å². The Hall–Kier alpha value is -1.60. The van der Waals surface area contributed by atoms with Crippen molar-refractivity contribution in [1.29, 1.82) is 0 Å². The molecule has 0 saturated carbocycles. The van der Waals surface area contributed by atoms with Crippen molar-refractivity contribution in [2.45, 2.75) is 38.9 Å². The predicted molar refractivity (Wildman–Crippen MR) is 87.4 cm³/mol. The fraction of sp³-hybridized carbons (Fsp3) is 0.375. The van der Waals surface area contributed by atoms with Crippen molar-refractivity contribution in [2.24, 2.45) is 0 Å². The van der Waals surface area contributed by atoms with Gasteiger partial charge in [0.05, 0.1) is 11.2 Å². The third-order valence-corrected chi connectivity index (χ3v) is 3.48. The maximum atomic E-state index is 9.10. The number of hydrogen-bond acceptors (Lipinski definition) is 5. The lowest BCUT2D eigenvalue weighted by Crippen LogP contribution is -2.44. The molecule has 0 aliphatic carbocycles. The van der Waals surface area contributed by atoms with Crippen LogP contribution in [0.25, 0.3) is 10.8 Å². The van der Waals surface area contributed by atoms with Crippen molar-refractivity contribution >= 4 is 18.1 Å². The molecule has 22 heavy (non-hydrogen) atoms. The van der Waals surface area contributed by atoms with E-state index < -0.39 is 18.5 Å². The standard InChI is InChI=1S/C10H9BO3.C6H14O2/c12-11(13)14-10-7-3-5-8-4-1-2-6-9(8)10;1-5(2,7)6(3,4)8/h1-7,12-13H;7-8H,1-4H3. The van der Waals surface area contributed by atoms with Crippen LogP contribution in [-0.2, 0) is 0 Å². The Morgan fingerprint density at radius 1 is 0.818 bits per heavy atom. The molecule has 0 atom stereocenters. The van der Waals surface area contributed by atoms with E-state index in [-0.39, 0.29) is 0 Å². The van der Waals surface area contributed by atoms with Crippen LogP contribution in [0.15, 0.2) is 42.5 Å². The van der Waals surface area contributed by atoms with Gasteiger partial charge in [0.2, 0.25) is 0 Å². The van der Waals surface area contributed by atoms with E-state index in [0.717, 1.165) is 10.8 Å². The highest BCUT2D eigenvalue weighted by Crippen LogP contribution is 2.25. The number of hydrogen-bond donors (Lipinski definition) is 4. The number of benzene rings is 2. The lowest BCUT2D eigenvalue weighted by atomic mass is 9.90. The molecule has 0 aliphatic heterocycles. The second kappa shape index (κ2) is 7.11. The molecule has 0 saturated heterocycles. The molecule has 6 heteroatoms. The number of aliphatic hydroxyl groups is 2. The zero-order valence-electron chi connectivity index (χ0n) is 13.3. The van der Waals surface area contributed by atoms with E-state index in [0.29, 0.717) is 5.75 Å². The highest BCUT2D eigenvalue weighted by atomic mass is 16.6. The molecular formula is C16H23BO5. The van der Waals surface area contributed by atoms with Gasteiger partial charge in [0.25, 0.3) is 0 Å². The molecule has 120 valence electrons. The number of rotatable bonds is 3. The third kappa shape index (κ3) is 5.31. The summed E-state index contributed by atoms with van der Waals surface area (Å²) in [6.45, 7) is 6.31. The van der Waals surface area contributed by atoms with Crippen molar-refractivity contribution in [3.8, 4) is 5.75 Å². The lowest BCUT2D eigenvalue weighted by molar-refractivity contribution is -0.107. The van der Waals surface area contributed by atoms with E-state index in [9.17, 15) is 0 Å². The average Bonchev–Trinajstić information content (AvgIpc) is 2.37. The first-order chi connectivity index (χ1) is 10.0. The molecule has 4 N–H and O–H groups in total. The molecule has 0 bridgehead atoms. The highest BCUT2D eigenvalue weighted by molar-refractivity contribution is 6.34. The minimum atomic E-state index is -1.78. The second-order valence-corrected chi connectivity index (χ2v) is 6.04. The summed E-state index contributed by atoms with van der Waals surface area (Å²) in [6, 6.07) is 13.0. The number of fused-ring (bicyclic) bond motifs is 1. The molecule has 2 aromatic carbocycles. The molecule has 2 rings (SSSR count). The predicted octanol–water partition coefficient (Wildman–Crippen LogP) is 1.72. The summed E-state index contributed by atoms with van der Waals surface area (Å²) in [6.07, 6.45) is 0. The monoisotopic (exact) mass is 306 g/mol. The topological polar surface area (TPSA) is 90.2 Å². The normalized spacial score (nSPS) is 11.6. The molecule has 0 aromatic heterocycles. The van der Waals surface area contributed by atoms with Gasteiger partial charge in [-0.05, 0) is 39.1 Å². The molecular weight excluding hydrogens is 283 g/mol. The second-order valence-electron chi connectivity index (χ2n) is 6.04. The summed E-state index contributed by atoms with van der Waals surface area (Å²) in [5.41, 5.74) is -2.01. The zero-order chi connectivity index (χ0) is 17.0. The van der Waals surface area contributed by atoms with Crippen LogP contribution in [0.1, 0.15) is 27.7 Å². The van der Waals surface area contributed by atoms with E-state index in [4.69, 9.17) is 24.9 Å². The van der Waals surface area contributed by atoms with E-state index in [1.807, 2.05) is 30.3 Å². The van der Waals surface area contributed by atoms with Gasteiger partial charge < -0.3 is 24.9 Å². The van der Waals surface area contributed by atoms with Crippen LogP contribution < -0.4 is 4.65 Å². The summed E-state index contributed by atoms with van der Waals surface area (Å²) in [5, 5.41) is 37.5. The van der Waals surface area contributed by atoms with Crippen molar-refractivity contribution < 1.29 is 24.9 Å². The molecule has 0 heterocycles. The van der Waals surface area contributed by atoms with Gasteiger partial charge >= 0.3 is 7.32 Å². The van der Waals surface area contributed by atoms with Crippen LogP contribution in [0, 0.1) is 0 Å². The molecule has 5 nitrogen and oxygen atoms in total. The fourth-order valence-corrected chi connectivity index (χ4v) is 1.41. The first-order valence-corrected chi connectivity index (χ1v) is 6.97. The minimum absolute atomic E-state index is 0.470. The maximum Gasteiger partial charge on any atom is 0.707 e. The van der Waals surface area contributed by atoms with Crippen molar-refractivity contribution in [2.75, 3.05) is 0 Å². The Morgan fingerprint density at radius 3 is 1.82 bits per heavy atom. The maximum absolute atomic E-state index is 9.10. The first kappa shape index (κ1) is 18.5. The third-order valence-electron chi connectivity index (χ3n) is 3.48. The summed E-state index contributed by atoms with van der Waals surface area (Å²) in [7, 11) is -1.78. The van der Waals surface area contributed by atoms with E-state index in [2.05, 4.69) is 0 Å². The molecule has 0 amide bonds. The van der Waals surface area contributed by atoms with Crippen LogP contribution in [0.2, 0.25) is 0 Å². The van der Waals surface area contributed by atoms with E-state index >= 15 is 0 Å². The van der Waals surface area contributed by atoms with Gasteiger partial charge in [-0.1, -0.05) is 36.4 Å². The van der Waals surface area contributed by atoms with Gasteiger partial charge in [0.1, 0.15) is 5.75 Å². The molecule has 0 aliphatic rings. The van der Waals surface area contributed by atoms with Gasteiger partial charge in [0, 0.05) is 5.39 Å². The Morgan fingerprint density at radius 2 is 1.32 bits per heavy atom. The van der Waals surface area contributed by atoms with Crippen molar-refractivity contribution in [3.05, 3.63) is 42.5 Å². The Balaban J connectivity index is 0.000000261. The Kier molecular flexibility index (Phi) is 5.96. The average molecular weight is 306 g/mol. The van der Waals surface area contributed by atoms with Crippen LogP contribution >= 0.6 is 0 Å². The van der Waals surface area contributed by atoms with Gasteiger partial charge in [-0.3, -0.25) is 0 Å². The lowest BCUT2D eigenvalue weighted by Gasteiger charge is -2.31. The molecule has 0 fully saturated rings. The minimum Gasteiger partial charge on any atom is -0.512 e. The summed E-state index contributed by atoms with van der Waals surface area (Å²) >= 11 is 0. The smallest absolute Gasteiger partial charge is 0.512 e. The van der Waals surface area contributed by atoms with Crippen LogP contribution in [0.5, 0.6) is 5.75 Å². The molecule has 0 unspecified atom stereocenters. The first-order valence-electron chi connectivity index (χ1n) is 6.97. The van der Waals surface area contributed by atoms with E-state index in [1.54, 1.807) is 39.8 Å². The SMILES string of the molecule is CC(C)(O)C(C)(C)O.OB(O)Oc1cccc2ccccc12. The van der Waals surface area contributed by atoms with Crippen molar-refractivity contribution in [3.63, 3.8) is 0 Å². The Labute approximate surface area is 131 Å². The van der Waals surface area contributed by atoms with Crippen molar-refractivity contribution in [1.82, 2.24) is 0 Å². The molecule has 0 spiro atoms. The summed E-state index contributed by atoms with van der Waals surface area (Å²) < 4.78 is 4.84.